The number of hydrogen-bond acceptors (Lipinski definition) is 3. The van der Waals surface area contributed by atoms with Crippen LogP contribution in [0.25, 0.3) is 0 Å². The van der Waals surface area contributed by atoms with Crippen molar-refractivity contribution in [2.24, 2.45) is 0 Å². The largest absolute Gasteiger partial charge is 0.508 e. The molecule has 1 aromatic rings. The van der Waals surface area contributed by atoms with Crippen LogP contribution in [-0.4, -0.2) is 34.8 Å². The molecule has 0 bridgehead atoms. The van der Waals surface area contributed by atoms with E-state index in [1.165, 1.54) is 11.8 Å². The third-order valence-electron chi connectivity index (χ3n) is 2.38. The fourth-order valence-corrected chi connectivity index (χ4v) is 2.36. The summed E-state index contributed by atoms with van der Waals surface area (Å²) in [7, 11) is 0. The molecule has 0 saturated heterocycles. The van der Waals surface area contributed by atoms with E-state index in [1.54, 1.807) is 23.1 Å². The molecular weight excluding hydrogens is 246 g/mol. The van der Waals surface area contributed by atoms with Crippen LogP contribution < -0.4 is 0 Å². The lowest BCUT2D eigenvalue weighted by molar-refractivity contribution is -0.127. The Morgan fingerprint density at radius 2 is 2.22 bits per heavy atom. The molecule has 0 aromatic heterocycles. The summed E-state index contributed by atoms with van der Waals surface area (Å²) in [6.45, 7) is 8.99. The van der Waals surface area contributed by atoms with E-state index in [2.05, 4.69) is 6.58 Å². The molecule has 3 nitrogen and oxygen atoms in total. The van der Waals surface area contributed by atoms with Gasteiger partial charge < -0.3 is 10.0 Å². The summed E-state index contributed by atoms with van der Waals surface area (Å²) in [6, 6.07) is 6.93. The molecule has 0 aliphatic rings. The molecule has 0 unspecified atom stereocenters. The first kappa shape index (κ1) is 14.6. The van der Waals surface area contributed by atoms with Gasteiger partial charge in [-0.3, -0.25) is 4.79 Å². The van der Waals surface area contributed by atoms with E-state index in [0.29, 0.717) is 18.8 Å². The Bertz CT molecular complexity index is 432. The number of amides is 1. The minimum atomic E-state index is 0.0915. The van der Waals surface area contributed by atoms with Gasteiger partial charge in [0.2, 0.25) is 5.91 Å². The third kappa shape index (κ3) is 4.84. The first-order valence-electron chi connectivity index (χ1n) is 5.87. The Hall–Kier alpha value is -1.42. The zero-order valence-corrected chi connectivity index (χ0v) is 11.7. The standard InChI is InChI=1S/C14H19NO2S/c1-4-15(9-11(2)3)14(17)10-18-13-7-5-6-12(16)8-13/h5-8,16H,2,4,9-10H2,1,3H3. The molecule has 0 radical (unpaired) electrons. The molecule has 1 amide bonds. The van der Waals surface area contributed by atoms with E-state index in [-0.39, 0.29) is 11.7 Å². The van der Waals surface area contributed by atoms with Crippen LogP contribution in [0.2, 0.25) is 0 Å². The van der Waals surface area contributed by atoms with Crippen LogP contribution >= 0.6 is 11.8 Å². The van der Waals surface area contributed by atoms with Crippen molar-refractivity contribution in [2.45, 2.75) is 18.7 Å². The lowest BCUT2D eigenvalue weighted by Gasteiger charge is -2.20. The molecule has 4 heteroatoms. The fourth-order valence-electron chi connectivity index (χ4n) is 1.51. The van der Waals surface area contributed by atoms with Crippen LogP contribution in [0.3, 0.4) is 0 Å². The predicted molar refractivity (Wildman–Crippen MR) is 75.9 cm³/mol. The molecule has 1 aromatic carbocycles. The van der Waals surface area contributed by atoms with Crippen molar-refractivity contribution in [3.05, 3.63) is 36.4 Å². The van der Waals surface area contributed by atoms with E-state index in [9.17, 15) is 9.90 Å². The van der Waals surface area contributed by atoms with E-state index in [1.807, 2.05) is 19.9 Å². The van der Waals surface area contributed by atoms with Crippen molar-refractivity contribution in [3.63, 3.8) is 0 Å². The Morgan fingerprint density at radius 1 is 1.50 bits per heavy atom. The number of rotatable bonds is 6. The van der Waals surface area contributed by atoms with E-state index in [0.717, 1.165) is 10.5 Å². The van der Waals surface area contributed by atoms with Crippen molar-refractivity contribution in [3.8, 4) is 5.75 Å². The van der Waals surface area contributed by atoms with E-state index < -0.39 is 0 Å². The van der Waals surface area contributed by atoms with E-state index in [4.69, 9.17) is 0 Å². The number of benzene rings is 1. The van der Waals surface area contributed by atoms with Crippen molar-refractivity contribution in [2.75, 3.05) is 18.8 Å². The maximum Gasteiger partial charge on any atom is 0.233 e. The number of hydrogen-bond donors (Lipinski definition) is 1. The molecule has 18 heavy (non-hydrogen) atoms. The molecule has 0 spiro atoms. The van der Waals surface area contributed by atoms with Gasteiger partial charge in [0.1, 0.15) is 5.75 Å². The molecule has 1 N–H and O–H groups in total. The second-order valence-electron chi connectivity index (χ2n) is 4.15. The Morgan fingerprint density at radius 3 is 2.78 bits per heavy atom. The van der Waals surface area contributed by atoms with Gasteiger partial charge in [-0.05, 0) is 32.0 Å². The highest BCUT2D eigenvalue weighted by Crippen LogP contribution is 2.22. The molecular formula is C14H19NO2S. The summed E-state index contributed by atoms with van der Waals surface area (Å²) in [5, 5.41) is 9.33. The first-order chi connectivity index (χ1) is 8.52. The summed E-state index contributed by atoms with van der Waals surface area (Å²) >= 11 is 1.43. The quantitative estimate of drug-likeness (QED) is 0.635. The third-order valence-corrected chi connectivity index (χ3v) is 3.35. The number of likely N-dealkylation sites (N-methyl/N-ethyl adjacent to an activating group) is 1. The predicted octanol–water partition coefficient (Wildman–Crippen LogP) is 2.91. The second kappa shape index (κ2) is 7.11. The molecule has 0 fully saturated rings. The zero-order valence-electron chi connectivity index (χ0n) is 10.8. The van der Waals surface area contributed by atoms with Gasteiger partial charge in [0.25, 0.3) is 0 Å². The highest BCUT2D eigenvalue weighted by atomic mass is 32.2. The molecule has 0 aliphatic carbocycles. The van der Waals surface area contributed by atoms with Gasteiger partial charge >= 0.3 is 0 Å². The van der Waals surface area contributed by atoms with Crippen LogP contribution in [0.4, 0.5) is 0 Å². The minimum absolute atomic E-state index is 0.0915. The highest BCUT2D eigenvalue weighted by Gasteiger charge is 2.11. The smallest absolute Gasteiger partial charge is 0.233 e. The van der Waals surface area contributed by atoms with Crippen LogP contribution in [0.1, 0.15) is 13.8 Å². The van der Waals surface area contributed by atoms with Gasteiger partial charge in [-0.2, -0.15) is 0 Å². The molecule has 98 valence electrons. The van der Waals surface area contributed by atoms with Gasteiger partial charge in [-0.25, -0.2) is 0 Å². The maximum atomic E-state index is 12.0. The maximum absolute atomic E-state index is 12.0. The Kier molecular flexibility index (Phi) is 5.78. The number of phenols is 1. The molecule has 0 atom stereocenters. The van der Waals surface area contributed by atoms with Crippen molar-refractivity contribution in [1.29, 1.82) is 0 Å². The fraction of sp³-hybridized carbons (Fsp3) is 0.357. The van der Waals surface area contributed by atoms with Gasteiger partial charge in [0.15, 0.2) is 0 Å². The van der Waals surface area contributed by atoms with Crippen LogP contribution in [0.5, 0.6) is 5.75 Å². The molecule has 0 heterocycles. The summed E-state index contributed by atoms with van der Waals surface area (Å²) in [5.41, 5.74) is 0.979. The lowest BCUT2D eigenvalue weighted by Crippen LogP contribution is -2.33. The SMILES string of the molecule is C=C(C)CN(CC)C(=O)CSc1cccc(O)c1. The summed E-state index contributed by atoms with van der Waals surface area (Å²) in [4.78, 5) is 14.6. The summed E-state index contributed by atoms with van der Waals surface area (Å²) in [5.74, 6) is 0.695. The average Bonchev–Trinajstić information content (AvgIpc) is 2.33. The number of phenolic OH excluding ortho intramolecular Hbond substituents is 1. The van der Waals surface area contributed by atoms with Gasteiger partial charge in [-0.1, -0.05) is 18.2 Å². The van der Waals surface area contributed by atoms with Crippen LogP contribution in [-0.2, 0) is 4.79 Å². The monoisotopic (exact) mass is 265 g/mol. The van der Waals surface area contributed by atoms with Crippen LogP contribution in [0.15, 0.2) is 41.3 Å². The van der Waals surface area contributed by atoms with Gasteiger partial charge in [0.05, 0.1) is 5.75 Å². The first-order valence-corrected chi connectivity index (χ1v) is 6.85. The Balaban J connectivity index is 2.51. The lowest BCUT2D eigenvalue weighted by atomic mass is 10.3. The topological polar surface area (TPSA) is 40.5 Å². The number of carbonyl (C=O) groups excluding carboxylic acids is 1. The summed E-state index contributed by atoms with van der Waals surface area (Å²) < 4.78 is 0. The number of carbonyl (C=O) groups is 1. The van der Waals surface area contributed by atoms with Crippen molar-refractivity contribution < 1.29 is 9.90 Å². The van der Waals surface area contributed by atoms with Crippen LogP contribution in [0, 0.1) is 0 Å². The average molecular weight is 265 g/mol. The minimum Gasteiger partial charge on any atom is -0.508 e. The Labute approximate surface area is 113 Å². The molecule has 1 rings (SSSR count). The summed E-state index contributed by atoms with van der Waals surface area (Å²) in [6.07, 6.45) is 0. The highest BCUT2D eigenvalue weighted by molar-refractivity contribution is 8.00. The van der Waals surface area contributed by atoms with Crippen molar-refractivity contribution >= 4 is 17.7 Å². The van der Waals surface area contributed by atoms with Gasteiger partial charge in [-0.15, -0.1) is 11.8 Å². The molecule has 0 saturated carbocycles. The second-order valence-corrected chi connectivity index (χ2v) is 5.20. The number of nitrogens with zero attached hydrogens (tertiary/aromatic N) is 1. The molecule has 0 aliphatic heterocycles. The number of aromatic hydroxyl groups is 1. The van der Waals surface area contributed by atoms with E-state index >= 15 is 0 Å². The normalized spacial score (nSPS) is 10.1. The zero-order chi connectivity index (χ0) is 13.5. The number of thioether (sulfide) groups is 1. The van der Waals surface area contributed by atoms with Crippen molar-refractivity contribution in [1.82, 2.24) is 4.90 Å². The van der Waals surface area contributed by atoms with Gasteiger partial charge in [0, 0.05) is 18.0 Å².